The lowest BCUT2D eigenvalue weighted by molar-refractivity contribution is -0.111. The van der Waals surface area contributed by atoms with E-state index in [9.17, 15) is 9.90 Å². The summed E-state index contributed by atoms with van der Waals surface area (Å²) in [6, 6.07) is 13.5. The minimum atomic E-state index is -0.191. The molecule has 0 radical (unpaired) electrons. The molecule has 0 unspecified atom stereocenters. The van der Waals surface area contributed by atoms with E-state index in [0.29, 0.717) is 11.4 Å². The van der Waals surface area contributed by atoms with E-state index in [0.717, 1.165) is 29.5 Å². The zero-order chi connectivity index (χ0) is 20.9. The third-order valence-corrected chi connectivity index (χ3v) is 5.83. The topological polar surface area (TPSA) is 49.3 Å². The van der Waals surface area contributed by atoms with Crippen LogP contribution >= 0.6 is 0 Å². The number of aromatic hydroxyl groups is 1. The van der Waals surface area contributed by atoms with E-state index in [1.807, 2.05) is 42.5 Å². The molecule has 0 bridgehead atoms. The highest BCUT2D eigenvalue weighted by Gasteiger charge is 2.29. The smallest absolute Gasteiger partial charge is 0.248 e. The number of hydrogen-bond donors (Lipinski definition) is 2. The summed E-state index contributed by atoms with van der Waals surface area (Å²) in [4.78, 5) is 12.5. The van der Waals surface area contributed by atoms with Crippen molar-refractivity contribution >= 4 is 17.7 Å². The molecule has 0 heterocycles. The number of phenols is 1. The number of phenolic OH excluding ortho intramolecular Hbond substituents is 1. The van der Waals surface area contributed by atoms with E-state index in [4.69, 9.17) is 0 Å². The first kappa shape index (κ1) is 21.7. The maximum absolute atomic E-state index is 12.5. The lowest BCUT2D eigenvalue weighted by Gasteiger charge is -2.31. The van der Waals surface area contributed by atoms with Gasteiger partial charge >= 0.3 is 0 Å². The molecular formula is C25H33NO2. The molecule has 0 saturated carbocycles. The maximum Gasteiger partial charge on any atom is 0.248 e. The predicted octanol–water partition coefficient (Wildman–Crippen LogP) is 6.42. The molecule has 0 aliphatic heterocycles. The van der Waals surface area contributed by atoms with Crippen LogP contribution in [0.1, 0.15) is 71.1 Å². The third-order valence-electron chi connectivity index (χ3n) is 5.83. The molecule has 28 heavy (non-hydrogen) atoms. The van der Waals surface area contributed by atoms with Crippen LogP contribution in [0, 0.1) is 0 Å². The zero-order valence-electron chi connectivity index (χ0n) is 18.0. The van der Waals surface area contributed by atoms with Gasteiger partial charge in [-0.25, -0.2) is 0 Å². The molecule has 0 spiro atoms. The van der Waals surface area contributed by atoms with Gasteiger partial charge in [0.15, 0.2) is 0 Å². The first-order valence-electron chi connectivity index (χ1n) is 10.0. The predicted molar refractivity (Wildman–Crippen MR) is 119 cm³/mol. The highest BCUT2D eigenvalue weighted by atomic mass is 16.3. The lowest BCUT2D eigenvalue weighted by atomic mass is 9.75. The highest BCUT2D eigenvalue weighted by molar-refractivity contribution is 6.02. The van der Waals surface area contributed by atoms with Crippen LogP contribution in [-0.2, 0) is 15.6 Å². The average Bonchev–Trinajstić information content (AvgIpc) is 2.68. The molecule has 0 aliphatic carbocycles. The van der Waals surface area contributed by atoms with Crippen molar-refractivity contribution in [2.75, 3.05) is 5.32 Å². The van der Waals surface area contributed by atoms with E-state index in [2.05, 4.69) is 46.9 Å². The summed E-state index contributed by atoms with van der Waals surface area (Å²) >= 11 is 0. The first-order chi connectivity index (χ1) is 13.1. The van der Waals surface area contributed by atoms with Crippen molar-refractivity contribution in [2.45, 2.75) is 65.2 Å². The van der Waals surface area contributed by atoms with Crippen LogP contribution in [0.25, 0.3) is 6.08 Å². The Bertz CT molecular complexity index is 811. The van der Waals surface area contributed by atoms with Gasteiger partial charge in [0.25, 0.3) is 0 Å². The van der Waals surface area contributed by atoms with Crippen molar-refractivity contribution < 1.29 is 9.90 Å². The standard InChI is InChI=1S/C25H33NO2/c1-7-24(3,4)20-16-19(17-21(23(20)28)25(5,6)8-2)26-22(27)15-14-18-12-10-9-11-13-18/h9-17,28H,7-8H2,1-6H3,(H,26,27). The Kier molecular flexibility index (Phi) is 6.71. The van der Waals surface area contributed by atoms with Crippen molar-refractivity contribution in [2.24, 2.45) is 0 Å². The second-order valence-electron chi connectivity index (χ2n) is 8.63. The molecule has 150 valence electrons. The number of amides is 1. The fourth-order valence-corrected chi connectivity index (χ4v) is 3.04. The van der Waals surface area contributed by atoms with Gasteiger partial charge in [-0.3, -0.25) is 4.79 Å². The van der Waals surface area contributed by atoms with Gasteiger partial charge in [0.2, 0.25) is 5.91 Å². The summed E-state index contributed by atoms with van der Waals surface area (Å²) in [5.74, 6) is 0.159. The Morgan fingerprint density at radius 3 is 1.93 bits per heavy atom. The molecule has 0 aliphatic rings. The van der Waals surface area contributed by atoms with Gasteiger partial charge < -0.3 is 10.4 Å². The van der Waals surface area contributed by atoms with Crippen LogP contribution in [0.15, 0.2) is 48.5 Å². The number of hydrogen-bond acceptors (Lipinski definition) is 2. The molecule has 1 amide bonds. The van der Waals surface area contributed by atoms with E-state index in [1.165, 1.54) is 6.08 Å². The fraction of sp³-hybridized carbons (Fsp3) is 0.400. The van der Waals surface area contributed by atoms with Crippen LogP contribution < -0.4 is 5.32 Å². The van der Waals surface area contributed by atoms with Gasteiger partial charge in [-0.15, -0.1) is 0 Å². The third kappa shape index (κ3) is 5.03. The molecule has 0 aromatic heterocycles. The Morgan fingerprint density at radius 2 is 1.46 bits per heavy atom. The summed E-state index contributed by atoms with van der Waals surface area (Å²) in [5, 5.41) is 14.0. The Labute approximate surface area is 169 Å². The molecule has 2 aromatic rings. The van der Waals surface area contributed by atoms with Gasteiger partial charge in [-0.1, -0.05) is 71.9 Å². The number of carbonyl (C=O) groups excluding carboxylic acids is 1. The van der Waals surface area contributed by atoms with Crippen LogP contribution in [0.3, 0.4) is 0 Å². The number of benzene rings is 2. The lowest BCUT2D eigenvalue weighted by Crippen LogP contribution is -2.22. The van der Waals surface area contributed by atoms with Crippen LogP contribution in [0.5, 0.6) is 5.75 Å². The van der Waals surface area contributed by atoms with Crippen molar-refractivity contribution in [3.05, 3.63) is 65.2 Å². The second-order valence-corrected chi connectivity index (χ2v) is 8.63. The van der Waals surface area contributed by atoms with Gasteiger partial charge in [0.05, 0.1) is 0 Å². The van der Waals surface area contributed by atoms with E-state index < -0.39 is 0 Å². The minimum Gasteiger partial charge on any atom is -0.507 e. The van der Waals surface area contributed by atoms with Crippen LogP contribution in [0.2, 0.25) is 0 Å². The summed E-state index contributed by atoms with van der Waals surface area (Å²) in [7, 11) is 0. The van der Waals surface area contributed by atoms with Gasteiger partial charge in [0.1, 0.15) is 5.75 Å². The fourth-order valence-electron chi connectivity index (χ4n) is 3.04. The largest absolute Gasteiger partial charge is 0.507 e. The summed E-state index contributed by atoms with van der Waals surface area (Å²) < 4.78 is 0. The van der Waals surface area contributed by atoms with Gasteiger partial charge in [-0.2, -0.15) is 0 Å². The summed E-state index contributed by atoms with van der Waals surface area (Å²) in [5.41, 5.74) is 3.05. The molecule has 0 fully saturated rings. The minimum absolute atomic E-state index is 0.185. The van der Waals surface area contributed by atoms with E-state index in [-0.39, 0.29) is 16.7 Å². The number of anilines is 1. The molecular weight excluding hydrogens is 346 g/mol. The quantitative estimate of drug-likeness (QED) is 0.431. The molecule has 2 aromatic carbocycles. The Morgan fingerprint density at radius 1 is 0.964 bits per heavy atom. The van der Waals surface area contributed by atoms with E-state index >= 15 is 0 Å². The molecule has 3 nitrogen and oxygen atoms in total. The maximum atomic E-state index is 12.5. The second kappa shape index (κ2) is 8.64. The van der Waals surface area contributed by atoms with Crippen LogP contribution in [-0.4, -0.2) is 11.0 Å². The number of carbonyl (C=O) groups is 1. The summed E-state index contributed by atoms with van der Waals surface area (Å²) in [6.45, 7) is 12.7. The van der Waals surface area contributed by atoms with Crippen molar-refractivity contribution in [1.29, 1.82) is 0 Å². The Balaban J connectivity index is 2.40. The molecule has 2 N–H and O–H groups in total. The number of rotatable bonds is 7. The van der Waals surface area contributed by atoms with Crippen molar-refractivity contribution in [1.82, 2.24) is 0 Å². The molecule has 0 atom stereocenters. The van der Waals surface area contributed by atoms with Crippen LogP contribution in [0.4, 0.5) is 5.69 Å². The van der Waals surface area contributed by atoms with E-state index in [1.54, 1.807) is 6.08 Å². The zero-order valence-corrected chi connectivity index (χ0v) is 18.0. The van der Waals surface area contributed by atoms with Crippen molar-refractivity contribution in [3.8, 4) is 5.75 Å². The SMILES string of the molecule is CCC(C)(C)c1cc(NC(=O)C=Cc2ccccc2)cc(C(C)(C)CC)c1O. The monoisotopic (exact) mass is 379 g/mol. The van der Waals surface area contributed by atoms with Gasteiger partial charge in [-0.05, 0) is 47.4 Å². The summed E-state index contributed by atoms with van der Waals surface area (Å²) in [6.07, 6.45) is 5.11. The normalized spacial score (nSPS) is 12.4. The molecule has 2 rings (SSSR count). The molecule has 0 saturated heterocycles. The van der Waals surface area contributed by atoms with Gasteiger partial charge in [0, 0.05) is 22.9 Å². The van der Waals surface area contributed by atoms with Crippen molar-refractivity contribution in [3.63, 3.8) is 0 Å². The number of nitrogens with one attached hydrogen (secondary N) is 1. The first-order valence-corrected chi connectivity index (χ1v) is 10.0. The Hall–Kier alpha value is -2.55. The molecule has 3 heteroatoms. The highest BCUT2D eigenvalue weighted by Crippen LogP contribution is 2.43. The average molecular weight is 380 g/mol.